The Morgan fingerprint density at radius 2 is 1.92 bits per heavy atom. The Kier molecular flexibility index (Phi) is 5.34. The lowest BCUT2D eigenvalue weighted by molar-refractivity contribution is 0.181. The summed E-state index contributed by atoms with van der Waals surface area (Å²) in [5.41, 5.74) is 2.29. The van der Waals surface area contributed by atoms with Crippen molar-refractivity contribution in [3.05, 3.63) is 42.1 Å². The van der Waals surface area contributed by atoms with E-state index in [1.54, 1.807) is 0 Å². The monoisotopic (exact) mass is 353 g/mol. The Bertz CT molecular complexity index is 753. The van der Waals surface area contributed by atoms with Crippen molar-refractivity contribution < 1.29 is 9.53 Å². The number of hydrogen-bond acceptors (Lipinski definition) is 3. The highest BCUT2D eigenvalue weighted by Crippen LogP contribution is 2.24. The topological polar surface area (TPSA) is 63.2 Å². The number of pyridine rings is 1. The van der Waals surface area contributed by atoms with Crippen LogP contribution in [0.3, 0.4) is 0 Å². The molecule has 2 N–H and O–H groups in total. The third-order valence-corrected chi connectivity index (χ3v) is 5.68. The fourth-order valence-corrected chi connectivity index (χ4v) is 4.22. The van der Waals surface area contributed by atoms with Gasteiger partial charge in [0.1, 0.15) is 0 Å². The van der Waals surface area contributed by atoms with Crippen LogP contribution < -0.4 is 10.6 Å². The zero-order chi connectivity index (χ0) is 17.8. The average Bonchev–Trinajstić information content (AvgIpc) is 3.09. The van der Waals surface area contributed by atoms with E-state index in [1.807, 2.05) is 24.4 Å². The first kappa shape index (κ1) is 17.3. The van der Waals surface area contributed by atoms with Crippen molar-refractivity contribution in [1.82, 2.24) is 15.6 Å². The molecular formula is C21H27N3O2. The highest BCUT2D eigenvalue weighted by molar-refractivity contribution is 5.81. The minimum atomic E-state index is -0.0445. The number of ether oxygens (including phenoxy) is 1. The van der Waals surface area contributed by atoms with Crippen LogP contribution in [0.15, 0.2) is 36.5 Å². The molecule has 138 valence electrons. The smallest absolute Gasteiger partial charge is 0.315 e. The number of carbonyl (C=O) groups excluding carboxylic acids is 1. The molecule has 4 rings (SSSR count). The highest BCUT2D eigenvalue weighted by Gasteiger charge is 2.30. The van der Waals surface area contributed by atoms with Crippen molar-refractivity contribution in [3.63, 3.8) is 0 Å². The molecule has 5 heteroatoms. The van der Waals surface area contributed by atoms with E-state index in [-0.39, 0.29) is 18.0 Å². The molecule has 1 saturated heterocycles. The largest absolute Gasteiger partial charge is 0.379 e. The number of fused-ring (bicyclic) bond motifs is 1. The maximum absolute atomic E-state index is 12.4. The summed E-state index contributed by atoms with van der Waals surface area (Å²) in [6.45, 7) is 1.27. The molecule has 1 saturated carbocycles. The number of aromatic nitrogens is 1. The molecule has 1 aromatic carbocycles. The van der Waals surface area contributed by atoms with E-state index < -0.39 is 0 Å². The zero-order valence-electron chi connectivity index (χ0n) is 15.1. The van der Waals surface area contributed by atoms with Crippen LogP contribution in [0, 0.1) is 5.92 Å². The van der Waals surface area contributed by atoms with E-state index in [4.69, 9.17) is 4.74 Å². The van der Waals surface area contributed by atoms with Crippen LogP contribution in [-0.4, -0.2) is 36.3 Å². The molecule has 0 radical (unpaired) electrons. The Morgan fingerprint density at radius 1 is 1.08 bits per heavy atom. The van der Waals surface area contributed by atoms with Crippen LogP contribution in [0.4, 0.5) is 4.79 Å². The normalized spacial score (nSPS) is 23.8. The van der Waals surface area contributed by atoms with Crippen LogP contribution in [0.1, 0.15) is 37.7 Å². The number of nitrogens with one attached hydrogen (secondary N) is 2. The highest BCUT2D eigenvalue weighted by atomic mass is 16.5. The predicted molar refractivity (Wildman–Crippen MR) is 102 cm³/mol. The maximum atomic E-state index is 12.4. The number of amides is 2. The van der Waals surface area contributed by atoms with Gasteiger partial charge in [0.25, 0.3) is 0 Å². The van der Waals surface area contributed by atoms with Crippen molar-refractivity contribution in [2.75, 3.05) is 13.2 Å². The molecule has 2 aliphatic rings. The molecule has 5 nitrogen and oxygen atoms in total. The molecule has 2 aromatic rings. The van der Waals surface area contributed by atoms with E-state index in [0.29, 0.717) is 19.3 Å². The Balaban J connectivity index is 1.39. The van der Waals surface area contributed by atoms with Crippen LogP contribution in [-0.2, 0) is 11.2 Å². The number of para-hydroxylation sites is 1. The summed E-state index contributed by atoms with van der Waals surface area (Å²) in [4.78, 5) is 16.8. The van der Waals surface area contributed by atoms with Gasteiger partial charge >= 0.3 is 6.03 Å². The van der Waals surface area contributed by atoms with Crippen molar-refractivity contribution in [2.45, 2.75) is 50.6 Å². The Hall–Kier alpha value is -2.14. The summed E-state index contributed by atoms with van der Waals surface area (Å²) >= 11 is 0. The summed E-state index contributed by atoms with van der Waals surface area (Å²) in [5.74, 6) is 0.290. The first-order chi connectivity index (χ1) is 12.8. The third-order valence-electron chi connectivity index (χ3n) is 5.68. The Labute approximate surface area is 154 Å². The molecule has 0 unspecified atom stereocenters. The quantitative estimate of drug-likeness (QED) is 0.885. The number of benzene rings is 1. The molecule has 2 heterocycles. The first-order valence-electron chi connectivity index (χ1n) is 9.77. The lowest BCUT2D eigenvalue weighted by Gasteiger charge is -2.25. The minimum absolute atomic E-state index is 0.0445. The van der Waals surface area contributed by atoms with Crippen molar-refractivity contribution in [1.29, 1.82) is 0 Å². The SMILES string of the molecule is O=C(NC1CCCCC1)N[C@@H]1COC[C@H]1Cc1ccnc2ccccc12. The van der Waals surface area contributed by atoms with E-state index in [0.717, 1.165) is 24.8 Å². The minimum Gasteiger partial charge on any atom is -0.379 e. The molecular weight excluding hydrogens is 326 g/mol. The molecule has 2 fully saturated rings. The summed E-state index contributed by atoms with van der Waals surface area (Å²) in [5, 5.41) is 7.49. The number of urea groups is 1. The fraction of sp³-hybridized carbons (Fsp3) is 0.524. The van der Waals surface area contributed by atoms with Gasteiger partial charge in [0, 0.05) is 23.5 Å². The number of carbonyl (C=O) groups is 1. The van der Waals surface area contributed by atoms with Crippen LogP contribution in [0.25, 0.3) is 10.9 Å². The molecule has 1 aliphatic carbocycles. The second-order valence-corrected chi connectivity index (χ2v) is 7.55. The lowest BCUT2D eigenvalue weighted by atomic mass is 9.93. The molecule has 1 aromatic heterocycles. The second kappa shape index (κ2) is 8.04. The summed E-state index contributed by atoms with van der Waals surface area (Å²) in [6, 6.07) is 10.6. The van der Waals surface area contributed by atoms with Gasteiger partial charge in [-0.15, -0.1) is 0 Å². The molecule has 0 bridgehead atoms. The molecule has 0 spiro atoms. The zero-order valence-corrected chi connectivity index (χ0v) is 15.1. The van der Waals surface area contributed by atoms with Gasteiger partial charge in [-0.1, -0.05) is 37.5 Å². The molecule has 26 heavy (non-hydrogen) atoms. The number of nitrogens with zero attached hydrogens (tertiary/aromatic N) is 1. The van der Waals surface area contributed by atoms with E-state index in [2.05, 4.69) is 27.8 Å². The molecule has 1 aliphatic heterocycles. The van der Waals surface area contributed by atoms with Gasteiger partial charge in [0.15, 0.2) is 0 Å². The van der Waals surface area contributed by atoms with Crippen molar-refractivity contribution in [2.24, 2.45) is 5.92 Å². The van der Waals surface area contributed by atoms with Gasteiger partial charge in [-0.05, 0) is 37.0 Å². The lowest BCUT2D eigenvalue weighted by Crippen LogP contribution is -2.49. The first-order valence-corrected chi connectivity index (χ1v) is 9.77. The van der Waals surface area contributed by atoms with Gasteiger partial charge in [0.2, 0.25) is 0 Å². The average molecular weight is 353 g/mol. The van der Waals surface area contributed by atoms with Crippen LogP contribution in [0.2, 0.25) is 0 Å². The molecule has 2 amide bonds. The standard InChI is InChI=1S/C21H27N3O2/c25-21(23-17-6-2-1-3-7-17)24-20-14-26-13-16(20)12-15-10-11-22-19-9-5-4-8-18(15)19/h4-5,8-11,16-17,20H,1-3,6-7,12-14H2,(H2,23,24,25)/t16-,20-/m1/s1. The summed E-state index contributed by atoms with van der Waals surface area (Å²) < 4.78 is 5.69. The van der Waals surface area contributed by atoms with Gasteiger partial charge in [-0.3, -0.25) is 4.98 Å². The Morgan fingerprint density at radius 3 is 2.81 bits per heavy atom. The van der Waals surface area contributed by atoms with E-state index >= 15 is 0 Å². The van der Waals surface area contributed by atoms with Gasteiger partial charge in [-0.2, -0.15) is 0 Å². The summed E-state index contributed by atoms with van der Waals surface area (Å²) in [7, 11) is 0. The number of rotatable bonds is 4. The van der Waals surface area contributed by atoms with Crippen molar-refractivity contribution >= 4 is 16.9 Å². The van der Waals surface area contributed by atoms with Gasteiger partial charge in [-0.25, -0.2) is 4.79 Å². The number of hydrogen-bond donors (Lipinski definition) is 2. The second-order valence-electron chi connectivity index (χ2n) is 7.55. The summed E-state index contributed by atoms with van der Waals surface area (Å²) in [6.07, 6.45) is 8.67. The maximum Gasteiger partial charge on any atom is 0.315 e. The fourth-order valence-electron chi connectivity index (χ4n) is 4.22. The van der Waals surface area contributed by atoms with E-state index in [9.17, 15) is 4.79 Å². The predicted octanol–water partition coefficient (Wildman–Crippen LogP) is 3.42. The van der Waals surface area contributed by atoms with Gasteiger partial charge in [0.05, 0.1) is 24.8 Å². The van der Waals surface area contributed by atoms with Crippen LogP contribution >= 0.6 is 0 Å². The van der Waals surface area contributed by atoms with Crippen LogP contribution in [0.5, 0.6) is 0 Å². The van der Waals surface area contributed by atoms with E-state index in [1.165, 1.54) is 30.2 Å². The molecule has 2 atom stereocenters. The third kappa shape index (κ3) is 3.98. The van der Waals surface area contributed by atoms with Gasteiger partial charge < -0.3 is 15.4 Å². The van der Waals surface area contributed by atoms with Crippen molar-refractivity contribution in [3.8, 4) is 0 Å².